The molecule has 1 aliphatic heterocycles. The van der Waals surface area contributed by atoms with Crippen LogP contribution in [0.2, 0.25) is 0 Å². The number of hydrogen-bond acceptors (Lipinski definition) is 2. The van der Waals surface area contributed by atoms with Gasteiger partial charge in [0.1, 0.15) is 0 Å². The first-order valence-corrected chi connectivity index (χ1v) is 8.43. The lowest BCUT2D eigenvalue weighted by atomic mass is 9.77. The average Bonchev–Trinajstić information content (AvgIpc) is 2.63. The first-order chi connectivity index (χ1) is 9.45. The number of nitrogens with zero attached hydrogens (tertiary/aromatic N) is 1. The van der Waals surface area contributed by atoms with Crippen LogP contribution in [0, 0.1) is 11.3 Å². The number of carbonyl (C=O) groups is 1. The highest BCUT2D eigenvalue weighted by Gasteiger charge is 2.28. The quantitative estimate of drug-likeness (QED) is 0.753. The summed E-state index contributed by atoms with van der Waals surface area (Å²) in [6.45, 7) is 9.68. The molecule has 0 aromatic carbocycles. The summed E-state index contributed by atoms with van der Waals surface area (Å²) in [6, 6.07) is 0. The van der Waals surface area contributed by atoms with Gasteiger partial charge in [-0.1, -0.05) is 33.6 Å². The maximum absolute atomic E-state index is 12.2. The molecule has 2 N–H and O–H groups in total. The lowest BCUT2D eigenvalue weighted by molar-refractivity contribution is -0.131. The van der Waals surface area contributed by atoms with Gasteiger partial charge in [-0.05, 0) is 50.0 Å². The lowest BCUT2D eigenvalue weighted by Crippen LogP contribution is -2.32. The predicted octanol–water partition coefficient (Wildman–Crippen LogP) is 3.99. The van der Waals surface area contributed by atoms with Crippen molar-refractivity contribution in [2.45, 2.75) is 72.1 Å². The maximum atomic E-state index is 12.2. The standard InChI is InChI=1S/C17H34N2O.ClH/c1-17(2,3)15-9-8-13-19(14-11-15)16(20)10-6-4-5-7-12-18;/h15H,4-14,18H2,1-3H3;1H. The van der Waals surface area contributed by atoms with Crippen LogP contribution in [0.4, 0.5) is 0 Å². The Balaban J connectivity index is 0.00000400. The molecule has 1 fully saturated rings. The summed E-state index contributed by atoms with van der Waals surface area (Å²) >= 11 is 0. The second-order valence-electron chi connectivity index (χ2n) is 7.33. The van der Waals surface area contributed by atoms with Crippen LogP contribution in [0.1, 0.15) is 72.1 Å². The van der Waals surface area contributed by atoms with Crippen LogP contribution in [0.25, 0.3) is 0 Å². The van der Waals surface area contributed by atoms with E-state index in [1.165, 1.54) is 19.3 Å². The second-order valence-corrected chi connectivity index (χ2v) is 7.33. The summed E-state index contributed by atoms with van der Waals surface area (Å²) in [5.41, 5.74) is 5.85. The lowest BCUT2D eigenvalue weighted by Gasteiger charge is -2.29. The first-order valence-electron chi connectivity index (χ1n) is 8.43. The molecule has 1 unspecified atom stereocenters. The Kier molecular flexibility index (Phi) is 10.3. The van der Waals surface area contributed by atoms with Gasteiger partial charge in [-0.15, -0.1) is 12.4 Å². The van der Waals surface area contributed by atoms with Crippen molar-refractivity contribution in [3.8, 4) is 0 Å². The van der Waals surface area contributed by atoms with Gasteiger partial charge >= 0.3 is 0 Å². The average molecular weight is 319 g/mol. The molecule has 126 valence electrons. The third kappa shape index (κ3) is 8.06. The number of amides is 1. The van der Waals surface area contributed by atoms with Crippen molar-refractivity contribution in [3.63, 3.8) is 0 Å². The third-order valence-electron chi connectivity index (χ3n) is 4.65. The Morgan fingerprint density at radius 3 is 2.38 bits per heavy atom. The molecule has 0 aromatic heterocycles. The van der Waals surface area contributed by atoms with Gasteiger partial charge in [-0.25, -0.2) is 0 Å². The number of unbranched alkanes of at least 4 members (excludes halogenated alkanes) is 3. The monoisotopic (exact) mass is 318 g/mol. The van der Waals surface area contributed by atoms with E-state index in [1.54, 1.807) is 0 Å². The molecule has 1 atom stereocenters. The van der Waals surface area contributed by atoms with Gasteiger partial charge in [0, 0.05) is 19.5 Å². The summed E-state index contributed by atoms with van der Waals surface area (Å²) in [4.78, 5) is 14.3. The molecule has 0 saturated carbocycles. The van der Waals surface area contributed by atoms with E-state index >= 15 is 0 Å². The van der Waals surface area contributed by atoms with Crippen LogP contribution in [-0.2, 0) is 4.79 Å². The Morgan fingerprint density at radius 2 is 1.76 bits per heavy atom. The van der Waals surface area contributed by atoms with Crippen molar-refractivity contribution in [2.24, 2.45) is 17.1 Å². The number of likely N-dealkylation sites (tertiary alicyclic amines) is 1. The summed E-state index contributed by atoms with van der Waals surface area (Å²) in [5.74, 6) is 1.12. The topological polar surface area (TPSA) is 46.3 Å². The van der Waals surface area contributed by atoms with Gasteiger partial charge in [0.15, 0.2) is 0 Å². The summed E-state index contributed by atoms with van der Waals surface area (Å²) in [7, 11) is 0. The molecule has 4 heteroatoms. The van der Waals surface area contributed by atoms with E-state index in [4.69, 9.17) is 5.73 Å². The Hall–Kier alpha value is -0.280. The Bertz CT molecular complexity index is 289. The minimum absolute atomic E-state index is 0. The third-order valence-corrected chi connectivity index (χ3v) is 4.65. The van der Waals surface area contributed by atoms with Gasteiger partial charge in [0.05, 0.1) is 0 Å². The number of hydrogen-bond donors (Lipinski definition) is 1. The van der Waals surface area contributed by atoms with E-state index in [9.17, 15) is 4.79 Å². The zero-order valence-electron chi connectivity index (χ0n) is 14.2. The number of carbonyl (C=O) groups excluding carboxylic acids is 1. The molecule has 1 aliphatic rings. The predicted molar refractivity (Wildman–Crippen MR) is 92.8 cm³/mol. The Morgan fingerprint density at radius 1 is 1.10 bits per heavy atom. The number of nitrogens with two attached hydrogens (primary N) is 1. The van der Waals surface area contributed by atoms with E-state index in [1.807, 2.05) is 0 Å². The van der Waals surface area contributed by atoms with Crippen LogP contribution in [0.15, 0.2) is 0 Å². The molecule has 1 heterocycles. The fraction of sp³-hybridized carbons (Fsp3) is 0.941. The minimum Gasteiger partial charge on any atom is -0.343 e. The van der Waals surface area contributed by atoms with Crippen LogP contribution >= 0.6 is 12.4 Å². The van der Waals surface area contributed by atoms with Crippen molar-refractivity contribution in [3.05, 3.63) is 0 Å². The first kappa shape index (κ1) is 20.7. The maximum Gasteiger partial charge on any atom is 0.222 e. The van der Waals surface area contributed by atoms with Gasteiger partial charge in [-0.2, -0.15) is 0 Å². The molecule has 1 saturated heterocycles. The SMILES string of the molecule is CC(C)(C)C1CCCN(C(=O)CCCCCCN)CC1.Cl. The molecule has 0 radical (unpaired) electrons. The molecule has 0 aliphatic carbocycles. The highest BCUT2D eigenvalue weighted by molar-refractivity contribution is 5.85. The van der Waals surface area contributed by atoms with Crippen molar-refractivity contribution in [2.75, 3.05) is 19.6 Å². The van der Waals surface area contributed by atoms with Crippen LogP contribution < -0.4 is 5.73 Å². The largest absolute Gasteiger partial charge is 0.343 e. The molecule has 0 aromatic rings. The molecule has 1 rings (SSSR count). The summed E-state index contributed by atoms with van der Waals surface area (Å²) in [6.07, 6.45) is 8.75. The highest BCUT2D eigenvalue weighted by Crippen LogP contribution is 2.34. The van der Waals surface area contributed by atoms with E-state index in [-0.39, 0.29) is 12.4 Å². The van der Waals surface area contributed by atoms with Crippen LogP contribution in [0.3, 0.4) is 0 Å². The van der Waals surface area contributed by atoms with E-state index in [2.05, 4.69) is 25.7 Å². The minimum atomic E-state index is 0. The molecule has 1 amide bonds. The van der Waals surface area contributed by atoms with E-state index in [0.29, 0.717) is 11.3 Å². The van der Waals surface area contributed by atoms with Crippen molar-refractivity contribution >= 4 is 18.3 Å². The van der Waals surface area contributed by atoms with Gasteiger partial charge in [0.2, 0.25) is 5.91 Å². The van der Waals surface area contributed by atoms with Gasteiger partial charge < -0.3 is 10.6 Å². The molecule has 0 bridgehead atoms. The molecule has 0 spiro atoms. The normalized spacial score (nSPS) is 19.8. The number of rotatable bonds is 6. The van der Waals surface area contributed by atoms with Crippen LogP contribution in [-0.4, -0.2) is 30.4 Å². The summed E-state index contributed by atoms with van der Waals surface area (Å²) < 4.78 is 0. The molecule has 21 heavy (non-hydrogen) atoms. The summed E-state index contributed by atoms with van der Waals surface area (Å²) in [5, 5.41) is 0. The fourth-order valence-corrected chi connectivity index (χ4v) is 3.14. The van der Waals surface area contributed by atoms with Crippen molar-refractivity contribution in [1.29, 1.82) is 0 Å². The van der Waals surface area contributed by atoms with Crippen molar-refractivity contribution < 1.29 is 4.79 Å². The van der Waals surface area contributed by atoms with E-state index < -0.39 is 0 Å². The Labute approximate surface area is 137 Å². The molecule has 3 nitrogen and oxygen atoms in total. The zero-order valence-corrected chi connectivity index (χ0v) is 15.0. The van der Waals surface area contributed by atoms with Crippen molar-refractivity contribution in [1.82, 2.24) is 4.90 Å². The van der Waals surface area contributed by atoms with Crippen LogP contribution in [0.5, 0.6) is 0 Å². The highest BCUT2D eigenvalue weighted by atomic mass is 35.5. The smallest absolute Gasteiger partial charge is 0.222 e. The zero-order chi connectivity index (χ0) is 15.0. The molecular weight excluding hydrogens is 284 g/mol. The van der Waals surface area contributed by atoms with E-state index in [0.717, 1.165) is 57.7 Å². The molecular formula is C17H35ClN2O. The van der Waals surface area contributed by atoms with Gasteiger partial charge in [0.25, 0.3) is 0 Å². The number of halogens is 1. The van der Waals surface area contributed by atoms with Gasteiger partial charge in [-0.3, -0.25) is 4.79 Å². The second kappa shape index (κ2) is 10.4. The fourth-order valence-electron chi connectivity index (χ4n) is 3.14.